The summed E-state index contributed by atoms with van der Waals surface area (Å²) in [6.45, 7) is 3.82. The molecule has 0 atom stereocenters. The molecule has 0 saturated heterocycles. The minimum absolute atomic E-state index is 0.282. The Labute approximate surface area is 144 Å². The number of amides is 1. The Hall–Kier alpha value is -2.84. The van der Waals surface area contributed by atoms with E-state index in [0.29, 0.717) is 21.9 Å². The van der Waals surface area contributed by atoms with E-state index in [-0.39, 0.29) is 5.91 Å². The van der Waals surface area contributed by atoms with Crippen LogP contribution >= 0.6 is 11.3 Å². The molecule has 1 heterocycles. The number of nitriles is 1. The number of hydrogen-bond acceptors (Lipinski definition) is 4. The molecule has 120 valence electrons. The summed E-state index contributed by atoms with van der Waals surface area (Å²) in [5.74, 6) is 0.227. The lowest BCUT2D eigenvalue weighted by atomic mass is 10.1. The number of nitrogens with one attached hydrogen (secondary N) is 1. The van der Waals surface area contributed by atoms with Crippen LogP contribution < -0.4 is 10.1 Å². The van der Waals surface area contributed by atoms with Crippen molar-refractivity contribution < 1.29 is 9.53 Å². The first-order valence-electron chi connectivity index (χ1n) is 7.43. The zero-order valence-corrected chi connectivity index (χ0v) is 14.5. The molecule has 3 rings (SSSR count). The van der Waals surface area contributed by atoms with Crippen LogP contribution in [0.15, 0.2) is 36.4 Å². The average molecular weight is 336 g/mol. The Morgan fingerprint density at radius 2 is 1.88 bits per heavy atom. The van der Waals surface area contributed by atoms with Gasteiger partial charge in [0.2, 0.25) is 0 Å². The predicted molar refractivity (Wildman–Crippen MR) is 97.0 cm³/mol. The molecule has 3 aromatic rings. The Kier molecular flexibility index (Phi) is 4.24. The van der Waals surface area contributed by atoms with Crippen molar-refractivity contribution in [3.63, 3.8) is 0 Å². The number of hydrogen-bond donors (Lipinski definition) is 1. The van der Waals surface area contributed by atoms with Crippen LogP contribution in [0.5, 0.6) is 5.75 Å². The second kappa shape index (κ2) is 6.34. The van der Waals surface area contributed by atoms with Gasteiger partial charge in [-0.1, -0.05) is 24.3 Å². The topological polar surface area (TPSA) is 62.1 Å². The highest BCUT2D eigenvalue weighted by Gasteiger charge is 2.18. The maximum absolute atomic E-state index is 12.7. The van der Waals surface area contributed by atoms with Crippen LogP contribution in [0.25, 0.3) is 10.8 Å². The molecule has 2 aromatic carbocycles. The van der Waals surface area contributed by atoms with Gasteiger partial charge in [0, 0.05) is 4.88 Å². The van der Waals surface area contributed by atoms with Crippen LogP contribution in [0.1, 0.15) is 26.4 Å². The molecule has 0 bridgehead atoms. The minimum atomic E-state index is -0.282. The molecule has 0 aliphatic carbocycles. The molecule has 0 radical (unpaired) electrons. The fourth-order valence-corrected chi connectivity index (χ4v) is 3.59. The fraction of sp³-hybridized carbons (Fsp3) is 0.158. The Morgan fingerprint density at radius 3 is 2.50 bits per heavy atom. The van der Waals surface area contributed by atoms with Crippen LogP contribution in [-0.2, 0) is 0 Å². The minimum Gasteiger partial charge on any atom is -0.496 e. The molecule has 5 heteroatoms. The Bertz CT molecular complexity index is 983. The number of benzene rings is 2. The number of methoxy groups -OCH3 is 1. The van der Waals surface area contributed by atoms with Gasteiger partial charge in [-0.3, -0.25) is 4.79 Å². The SMILES string of the molecule is COc1cc2ccccc2cc1C(=O)Nc1sc(C)c(C)c1C#N. The monoisotopic (exact) mass is 336 g/mol. The first-order chi connectivity index (χ1) is 11.5. The second-order valence-electron chi connectivity index (χ2n) is 5.45. The van der Waals surface area contributed by atoms with Crippen molar-refractivity contribution >= 4 is 33.0 Å². The second-order valence-corrected chi connectivity index (χ2v) is 6.68. The van der Waals surface area contributed by atoms with Crippen LogP contribution in [0.2, 0.25) is 0 Å². The highest BCUT2D eigenvalue weighted by atomic mass is 32.1. The van der Waals surface area contributed by atoms with E-state index < -0.39 is 0 Å². The number of nitrogens with zero attached hydrogens (tertiary/aromatic N) is 1. The van der Waals surface area contributed by atoms with Crippen LogP contribution in [-0.4, -0.2) is 13.0 Å². The lowest BCUT2D eigenvalue weighted by Gasteiger charge is -2.10. The van der Waals surface area contributed by atoms with E-state index in [9.17, 15) is 10.1 Å². The molecule has 0 fully saturated rings. The van der Waals surface area contributed by atoms with Crippen molar-refractivity contribution in [2.24, 2.45) is 0 Å². The van der Waals surface area contributed by atoms with E-state index >= 15 is 0 Å². The van der Waals surface area contributed by atoms with Gasteiger partial charge >= 0.3 is 0 Å². The lowest BCUT2D eigenvalue weighted by Crippen LogP contribution is -2.13. The van der Waals surface area contributed by atoms with Crippen LogP contribution in [0.3, 0.4) is 0 Å². The van der Waals surface area contributed by atoms with E-state index in [4.69, 9.17) is 4.74 Å². The molecule has 0 aliphatic heterocycles. The summed E-state index contributed by atoms with van der Waals surface area (Å²) in [6, 6.07) is 13.6. The maximum atomic E-state index is 12.7. The molecule has 24 heavy (non-hydrogen) atoms. The quantitative estimate of drug-likeness (QED) is 0.757. The zero-order chi connectivity index (χ0) is 17.3. The molecular formula is C19H16N2O2S. The van der Waals surface area contributed by atoms with E-state index in [1.54, 1.807) is 7.11 Å². The Morgan fingerprint density at radius 1 is 1.21 bits per heavy atom. The molecule has 1 amide bonds. The van der Waals surface area contributed by atoms with Crippen molar-refractivity contribution in [3.05, 3.63) is 58.0 Å². The van der Waals surface area contributed by atoms with Gasteiger partial charge in [0.25, 0.3) is 5.91 Å². The summed E-state index contributed by atoms with van der Waals surface area (Å²) >= 11 is 1.41. The molecule has 0 spiro atoms. The van der Waals surface area contributed by atoms with Gasteiger partial charge < -0.3 is 10.1 Å². The molecule has 0 aliphatic rings. The zero-order valence-electron chi connectivity index (χ0n) is 13.6. The van der Waals surface area contributed by atoms with Gasteiger partial charge in [-0.2, -0.15) is 5.26 Å². The summed E-state index contributed by atoms with van der Waals surface area (Å²) in [6.07, 6.45) is 0. The lowest BCUT2D eigenvalue weighted by molar-refractivity contribution is 0.102. The Balaban J connectivity index is 2.03. The first-order valence-corrected chi connectivity index (χ1v) is 8.25. The van der Waals surface area contributed by atoms with Crippen LogP contribution in [0, 0.1) is 25.2 Å². The fourth-order valence-electron chi connectivity index (χ4n) is 2.59. The number of carbonyl (C=O) groups excluding carboxylic acids is 1. The van der Waals surface area contributed by atoms with Gasteiger partial charge in [-0.05, 0) is 42.3 Å². The summed E-state index contributed by atoms with van der Waals surface area (Å²) in [5.41, 5.74) is 1.87. The van der Waals surface area contributed by atoms with Gasteiger partial charge in [0.1, 0.15) is 16.8 Å². The van der Waals surface area contributed by atoms with E-state index in [1.807, 2.05) is 50.2 Å². The molecular weight excluding hydrogens is 320 g/mol. The standard InChI is InChI=1S/C19H16N2O2S/c1-11-12(2)24-19(16(11)10-20)21-18(22)15-8-13-6-4-5-7-14(13)9-17(15)23-3/h4-9H,1-3H3,(H,21,22). The van der Waals surface area contributed by atoms with E-state index in [1.165, 1.54) is 11.3 Å². The smallest absolute Gasteiger partial charge is 0.260 e. The maximum Gasteiger partial charge on any atom is 0.260 e. The van der Waals surface area contributed by atoms with Gasteiger partial charge in [0.05, 0.1) is 18.2 Å². The largest absolute Gasteiger partial charge is 0.496 e. The molecule has 4 nitrogen and oxygen atoms in total. The number of anilines is 1. The summed E-state index contributed by atoms with van der Waals surface area (Å²) < 4.78 is 5.38. The van der Waals surface area contributed by atoms with Crippen molar-refractivity contribution in [3.8, 4) is 11.8 Å². The number of fused-ring (bicyclic) bond motifs is 1. The van der Waals surface area contributed by atoms with Crippen molar-refractivity contribution in [1.29, 1.82) is 5.26 Å². The summed E-state index contributed by atoms with van der Waals surface area (Å²) in [4.78, 5) is 13.8. The average Bonchev–Trinajstić information content (AvgIpc) is 2.86. The van der Waals surface area contributed by atoms with Crippen LogP contribution in [0.4, 0.5) is 5.00 Å². The van der Waals surface area contributed by atoms with Crippen molar-refractivity contribution in [2.75, 3.05) is 12.4 Å². The number of rotatable bonds is 3. The number of thiophene rings is 1. The molecule has 0 unspecified atom stereocenters. The van der Waals surface area contributed by atoms with E-state index in [2.05, 4.69) is 11.4 Å². The summed E-state index contributed by atoms with van der Waals surface area (Å²) in [7, 11) is 1.54. The highest BCUT2D eigenvalue weighted by Crippen LogP contribution is 2.33. The predicted octanol–water partition coefficient (Wildman–Crippen LogP) is 4.65. The van der Waals surface area contributed by atoms with Gasteiger partial charge in [-0.15, -0.1) is 11.3 Å². The van der Waals surface area contributed by atoms with Gasteiger partial charge in [0.15, 0.2) is 0 Å². The molecule has 1 aromatic heterocycles. The third kappa shape index (κ3) is 2.72. The normalized spacial score (nSPS) is 10.4. The molecule has 0 saturated carbocycles. The number of carbonyl (C=O) groups is 1. The summed E-state index contributed by atoms with van der Waals surface area (Å²) in [5, 5.41) is 14.7. The number of aryl methyl sites for hydroxylation is 1. The van der Waals surface area contributed by atoms with E-state index in [0.717, 1.165) is 21.2 Å². The van der Waals surface area contributed by atoms with Gasteiger partial charge in [-0.25, -0.2) is 0 Å². The third-order valence-corrected chi connectivity index (χ3v) is 5.16. The third-order valence-electron chi connectivity index (χ3n) is 4.04. The van der Waals surface area contributed by atoms with Crippen molar-refractivity contribution in [2.45, 2.75) is 13.8 Å². The van der Waals surface area contributed by atoms with Crippen molar-refractivity contribution in [1.82, 2.24) is 0 Å². The highest BCUT2D eigenvalue weighted by molar-refractivity contribution is 7.16. The first kappa shape index (κ1) is 16.0. The number of ether oxygens (including phenoxy) is 1. The molecule has 1 N–H and O–H groups in total.